The predicted octanol–water partition coefficient (Wildman–Crippen LogP) is 3.64. The number of hydrogen-bond acceptors (Lipinski definition) is 6. The molecule has 33 heavy (non-hydrogen) atoms. The van der Waals surface area contributed by atoms with Gasteiger partial charge in [-0.3, -0.25) is 0 Å². The fourth-order valence-corrected chi connectivity index (χ4v) is 4.59. The van der Waals surface area contributed by atoms with Crippen LogP contribution in [0.25, 0.3) is 0 Å². The van der Waals surface area contributed by atoms with Gasteiger partial charge in [0.1, 0.15) is 17.3 Å². The van der Waals surface area contributed by atoms with Crippen molar-refractivity contribution in [1.29, 1.82) is 0 Å². The summed E-state index contributed by atoms with van der Waals surface area (Å²) in [7, 11) is -0.909. The van der Waals surface area contributed by atoms with E-state index in [1.165, 1.54) is 50.6 Å². The molecule has 0 amide bonds. The number of halogens is 1. The van der Waals surface area contributed by atoms with Gasteiger partial charge < -0.3 is 19.9 Å². The summed E-state index contributed by atoms with van der Waals surface area (Å²) in [6.07, 6.45) is 0. The van der Waals surface area contributed by atoms with Crippen molar-refractivity contribution in [3.63, 3.8) is 0 Å². The maximum atomic E-state index is 13.6. The van der Waals surface area contributed by atoms with Crippen molar-refractivity contribution >= 4 is 15.7 Å². The highest BCUT2D eigenvalue weighted by molar-refractivity contribution is 7.89. The zero-order valence-corrected chi connectivity index (χ0v) is 19.4. The molecular weight excluding hydrogens is 447 g/mol. The number of anilines is 1. The van der Waals surface area contributed by atoms with Crippen LogP contribution in [-0.4, -0.2) is 40.4 Å². The van der Waals surface area contributed by atoms with Crippen LogP contribution in [0.3, 0.4) is 0 Å². The Labute approximate surface area is 193 Å². The normalized spacial score (nSPS) is 13.2. The summed E-state index contributed by atoms with van der Waals surface area (Å²) in [5.74, 6) is 0.618. The van der Waals surface area contributed by atoms with Crippen LogP contribution in [0.5, 0.6) is 11.5 Å². The average molecular weight is 475 g/mol. The molecule has 0 aliphatic rings. The molecule has 0 aromatic heterocycles. The van der Waals surface area contributed by atoms with Gasteiger partial charge in [0.15, 0.2) is 0 Å². The van der Waals surface area contributed by atoms with Crippen molar-refractivity contribution in [2.24, 2.45) is 0 Å². The van der Waals surface area contributed by atoms with E-state index in [-0.39, 0.29) is 4.90 Å². The number of ether oxygens (including phenoxy) is 2. The molecule has 2 atom stereocenters. The highest BCUT2D eigenvalue weighted by Gasteiger charge is 2.28. The Morgan fingerprint density at radius 3 is 2.03 bits per heavy atom. The summed E-state index contributed by atoms with van der Waals surface area (Å²) in [5, 5.41) is 13.4. The Balaban J connectivity index is 1.99. The average Bonchev–Trinajstić information content (AvgIpc) is 2.82. The molecule has 0 spiro atoms. The van der Waals surface area contributed by atoms with E-state index in [1.807, 2.05) is 6.92 Å². The number of rotatable bonds is 10. The van der Waals surface area contributed by atoms with Crippen LogP contribution < -0.4 is 19.5 Å². The standard InChI is InChI=1S/C24H27FN2O5S/c1-16-4-10-22(11-5-16)33(29,30)27-23(15-28)24(17-6-8-18(25)9-7-17)26-19-12-20(31-2)14-21(13-19)32-3/h4-14,23-24,26-28H,15H2,1-3H3/t23-,24+/m0/s1. The first-order valence-electron chi connectivity index (χ1n) is 10.2. The molecule has 0 aliphatic carbocycles. The number of aliphatic hydroxyl groups is 1. The van der Waals surface area contributed by atoms with Crippen molar-refractivity contribution in [2.75, 3.05) is 26.1 Å². The molecule has 0 saturated carbocycles. The van der Waals surface area contributed by atoms with Gasteiger partial charge in [-0.1, -0.05) is 29.8 Å². The SMILES string of the molecule is COc1cc(N[C@H](c2ccc(F)cc2)[C@H](CO)NS(=O)(=O)c2ccc(C)cc2)cc(OC)c1. The number of aryl methyl sites for hydroxylation is 1. The molecule has 3 rings (SSSR count). The third-order valence-electron chi connectivity index (χ3n) is 5.14. The third kappa shape index (κ3) is 6.22. The van der Waals surface area contributed by atoms with Gasteiger partial charge in [0, 0.05) is 23.9 Å². The molecule has 0 saturated heterocycles. The molecule has 0 bridgehead atoms. The van der Waals surface area contributed by atoms with E-state index in [9.17, 15) is 17.9 Å². The zero-order valence-electron chi connectivity index (χ0n) is 18.6. The van der Waals surface area contributed by atoms with Gasteiger partial charge in [-0.25, -0.2) is 17.5 Å². The summed E-state index contributed by atoms with van der Waals surface area (Å²) >= 11 is 0. The summed E-state index contributed by atoms with van der Waals surface area (Å²) in [6.45, 7) is 1.35. The van der Waals surface area contributed by atoms with Crippen molar-refractivity contribution in [1.82, 2.24) is 4.72 Å². The minimum absolute atomic E-state index is 0.0763. The fraction of sp³-hybridized carbons (Fsp3) is 0.250. The largest absolute Gasteiger partial charge is 0.497 e. The van der Waals surface area contributed by atoms with Gasteiger partial charge >= 0.3 is 0 Å². The lowest BCUT2D eigenvalue weighted by molar-refractivity contribution is 0.244. The molecule has 0 radical (unpaired) electrons. The van der Waals surface area contributed by atoms with E-state index in [0.717, 1.165) is 5.56 Å². The monoisotopic (exact) mass is 474 g/mol. The van der Waals surface area contributed by atoms with Crippen molar-refractivity contribution in [2.45, 2.75) is 23.9 Å². The Kier molecular flexibility index (Phi) is 7.91. The Morgan fingerprint density at radius 2 is 1.52 bits per heavy atom. The molecule has 9 heteroatoms. The highest BCUT2D eigenvalue weighted by atomic mass is 32.2. The molecule has 0 aliphatic heterocycles. The van der Waals surface area contributed by atoms with Gasteiger partial charge in [0.2, 0.25) is 10.0 Å². The van der Waals surface area contributed by atoms with Crippen molar-refractivity contribution < 1.29 is 27.4 Å². The molecule has 0 unspecified atom stereocenters. The summed E-state index contributed by atoms with van der Waals surface area (Å²) in [6, 6.07) is 15.4. The van der Waals surface area contributed by atoms with Gasteiger partial charge in [-0.2, -0.15) is 0 Å². The molecule has 0 heterocycles. The van der Waals surface area contributed by atoms with E-state index in [1.54, 1.807) is 30.3 Å². The molecule has 3 aromatic carbocycles. The minimum atomic E-state index is -3.94. The van der Waals surface area contributed by atoms with Crippen LogP contribution in [0, 0.1) is 12.7 Å². The number of sulfonamides is 1. The van der Waals surface area contributed by atoms with Crippen LogP contribution in [0.4, 0.5) is 10.1 Å². The second kappa shape index (κ2) is 10.7. The molecular formula is C24H27FN2O5S. The summed E-state index contributed by atoms with van der Waals surface area (Å²) in [5.41, 5.74) is 2.06. The van der Waals surface area contributed by atoms with Crippen molar-refractivity contribution in [3.8, 4) is 11.5 Å². The predicted molar refractivity (Wildman–Crippen MR) is 125 cm³/mol. The van der Waals surface area contributed by atoms with Crippen LogP contribution in [-0.2, 0) is 10.0 Å². The summed E-state index contributed by atoms with van der Waals surface area (Å²) in [4.78, 5) is 0.0763. The molecule has 176 valence electrons. The topological polar surface area (TPSA) is 96.9 Å². The smallest absolute Gasteiger partial charge is 0.240 e. The van der Waals surface area contributed by atoms with Crippen LogP contribution in [0.1, 0.15) is 17.2 Å². The van der Waals surface area contributed by atoms with Gasteiger partial charge in [0.25, 0.3) is 0 Å². The highest BCUT2D eigenvalue weighted by Crippen LogP contribution is 2.30. The van der Waals surface area contributed by atoms with E-state index >= 15 is 0 Å². The summed E-state index contributed by atoms with van der Waals surface area (Å²) < 4.78 is 52.8. The number of aliphatic hydroxyl groups excluding tert-OH is 1. The lowest BCUT2D eigenvalue weighted by atomic mass is 9.99. The first-order chi connectivity index (χ1) is 15.7. The first-order valence-corrected chi connectivity index (χ1v) is 11.7. The van der Waals surface area contributed by atoms with Crippen molar-refractivity contribution in [3.05, 3.63) is 83.7 Å². The molecule has 0 fully saturated rings. The first kappa shape index (κ1) is 24.5. The Hall–Kier alpha value is -3.14. The minimum Gasteiger partial charge on any atom is -0.497 e. The number of methoxy groups -OCH3 is 2. The maximum absolute atomic E-state index is 13.6. The second-order valence-corrected chi connectivity index (χ2v) is 9.21. The maximum Gasteiger partial charge on any atom is 0.240 e. The fourth-order valence-electron chi connectivity index (χ4n) is 3.35. The zero-order chi connectivity index (χ0) is 24.0. The van der Waals surface area contributed by atoms with E-state index in [4.69, 9.17) is 9.47 Å². The molecule has 3 aromatic rings. The van der Waals surface area contributed by atoms with Crippen LogP contribution in [0.15, 0.2) is 71.6 Å². The number of benzene rings is 3. The van der Waals surface area contributed by atoms with E-state index in [0.29, 0.717) is 22.7 Å². The van der Waals surface area contributed by atoms with Gasteiger partial charge in [0.05, 0.1) is 37.8 Å². The lowest BCUT2D eigenvalue weighted by Gasteiger charge is -2.29. The van der Waals surface area contributed by atoms with Gasteiger partial charge in [-0.05, 0) is 36.8 Å². The number of hydrogen-bond donors (Lipinski definition) is 3. The quantitative estimate of drug-likeness (QED) is 0.415. The molecule has 7 nitrogen and oxygen atoms in total. The Bertz CT molecular complexity index is 1150. The third-order valence-corrected chi connectivity index (χ3v) is 6.65. The van der Waals surface area contributed by atoms with Gasteiger partial charge in [-0.15, -0.1) is 0 Å². The van der Waals surface area contributed by atoms with Crippen LogP contribution >= 0.6 is 0 Å². The lowest BCUT2D eigenvalue weighted by Crippen LogP contribution is -2.44. The Morgan fingerprint density at radius 1 is 0.939 bits per heavy atom. The molecule has 3 N–H and O–H groups in total. The number of nitrogens with one attached hydrogen (secondary N) is 2. The van der Waals surface area contributed by atoms with E-state index < -0.39 is 34.5 Å². The second-order valence-electron chi connectivity index (χ2n) is 7.50. The van der Waals surface area contributed by atoms with E-state index in [2.05, 4.69) is 10.0 Å². The van der Waals surface area contributed by atoms with Crippen LogP contribution in [0.2, 0.25) is 0 Å².